The Hall–Kier alpha value is -1.46. The predicted molar refractivity (Wildman–Crippen MR) is 82.7 cm³/mol. The molecule has 0 spiro atoms. The molecule has 1 heterocycles. The molecule has 1 aliphatic heterocycles. The molecular formula is C15H20N2O2S. The topological polar surface area (TPSA) is 43.8 Å². The Bertz CT molecular complexity index is 516. The van der Waals surface area contributed by atoms with Gasteiger partial charge in [-0.2, -0.15) is 0 Å². The molecule has 108 valence electrons. The molecule has 0 aliphatic carbocycles. The van der Waals surface area contributed by atoms with Gasteiger partial charge in [-0.25, -0.2) is 0 Å². The van der Waals surface area contributed by atoms with Gasteiger partial charge in [0.15, 0.2) is 0 Å². The minimum Gasteiger partial charge on any atom is -0.508 e. The number of phenolic OH excluding ortho intramolecular Hbond substituents is 1. The first-order chi connectivity index (χ1) is 9.50. The SMILES string of the molecule is C=C1CSC(c2ccccc2O)C(=O)N1CCN(C)C. The molecule has 4 nitrogen and oxygen atoms in total. The van der Waals surface area contributed by atoms with Crippen molar-refractivity contribution in [2.24, 2.45) is 0 Å². The van der Waals surface area contributed by atoms with Crippen LogP contribution in [-0.2, 0) is 4.79 Å². The highest BCUT2D eigenvalue weighted by Gasteiger charge is 2.33. The summed E-state index contributed by atoms with van der Waals surface area (Å²) in [5.74, 6) is 0.895. The van der Waals surface area contributed by atoms with Gasteiger partial charge in [-0.15, -0.1) is 11.8 Å². The van der Waals surface area contributed by atoms with Crippen molar-refractivity contribution in [1.29, 1.82) is 0 Å². The van der Waals surface area contributed by atoms with E-state index in [0.717, 1.165) is 12.2 Å². The van der Waals surface area contributed by atoms with Crippen LogP contribution in [0.15, 0.2) is 36.5 Å². The largest absolute Gasteiger partial charge is 0.508 e. The summed E-state index contributed by atoms with van der Waals surface area (Å²) in [5.41, 5.74) is 1.53. The molecule has 2 rings (SSSR count). The van der Waals surface area contributed by atoms with Gasteiger partial charge in [0, 0.05) is 30.1 Å². The molecule has 1 atom stereocenters. The second-order valence-electron chi connectivity index (χ2n) is 5.11. The second-order valence-corrected chi connectivity index (χ2v) is 6.20. The monoisotopic (exact) mass is 292 g/mol. The van der Waals surface area contributed by atoms with Crippen LogP contribution in [0.5, 0.6) is 5.75 Å². The molecule has 1 amide bonds. The summed E-state index contributed by atoms with van der Waals surface area (Å²) >= 11 is 1.52. The summed E-state index contributed by atoms with van der Waals surface area (Å²) in [7, 11) is 3.96. The Morgan fingerprint density at radius 1 is 1.45 bits per heavy atom. The van der Waals surface area contributed by atoms with Gasteiger partial charge in [-0.05, 0) is 20.2 Å². The molecule has 1 fully saturated rings. The molecule has 5 heteroatoms. The summed E-state index contributed by atoms with van der Waals surface area (Å²) in [6.45, 7) is 5.41. The minimum atomic E-state index is -0.344. The van der Waals surface area contributed by atoms with Gasteiger partial charge in [0.1, 0.15) is 11.0 Å². The summed E-state index contributed by atoms with van der Waals surface area (Å²) in [4.78, 5) is 16.4. The Labute approximate surface area is 124 Å². The van der Waals surface area contributed by atoms with Crippen LogP contribution >= 0.6 is 11.8 Å². The zero-order valence-electron chi connectivity index (χ0n) is 11.9. The predicted octanol–water partition coefficient (Wildman–Crippen LogP) is 2.08. The van der Waals surface area contributed by atoms with Crippen LogP contribution in [0.2, 0.25) is 0 Å². The highest BCUT2D eigenvalue weighted by Crippen LogP contribution is 2.40. The Morgan fingerprint density at radius 2 is 2.15 bits per heavy atom. The maximum absolute atomic E-state index is 12.6. The van der Waals surface area contributed by atoms with Crippen molar-refractivity contribution < 1.29 is 9.90 Å². The van der Waals surface area contributed by atoms with Crippen LogP contribution in [0, 0.1) is 0 Å². The van der Waals surface area contributed by atoms with E-state index in [1.54, 1.807) is 17.0 Å². The van der Waals surface area contributed by atoms with Crippen LogP contribution in [0.1, 0.15) is 10.8 Å². The van der Waals surface area contributed by atoms with Crippen LogP contribution in [0.4, 0.5) is 0 Å². The van der Waals surface area contributed by atoms with E-state index in [0.29, 0.717) is 17.9 Å². The average molecular weight is 292 g/mol. The fraction of sp³-hybridized carbons (Fsp3) is 0.400. The zero-order chi connectivity index (χ0) is 14.7. The van der Waals surface area contributed by atoms with E-state index in [1.165, 1.54) is 11.8 Å². The lowest BCUT2D eigenvalue weighted by atomic mass is 10.1. The molecular weight excluding hydrogens is 272 g/mol. The number of hydrogen-bond donors (Lipinski definition) is 1. The maximum Gasteiger partial charge on any atom is 0.244 e. The summed E-state index contributed by atoms with van der Waals surface area (Å²) in [6, 6.07) is 7.04. The van der Waals surface area contributed by atoms with Crippen LogP contribution < -0.4 is 0 Å². The maximum atomic E-state index is 12.6. The van der Waals surface area contributed by atoms with Crippen molar-refractivity contribution in [1.82, 2.24) is 9.80 Å². The normalized spacial score (nSPS) is 19.8. The molecule has 0 aromatic heterocycles. The smallest absolute Gasteiger partial charge is 0.244 e. The number of amides is 1. The van der Waals surface area contributed by atoms with Gasteiger partial charge < -0.3 is 14.9 Å². The minimum absolute atomic E-state index is 0.00889. The number of thioether (sulfide) groups is 1. The van der Waals surface area contributed by atoms with Gasteiger partial charge in [-0.3, -0.25) is 4.79 Å². The molecule has 1 aromatic rings. The summed E-state index contributed by atoms with van der Waals surface area (Å²) in [5, 5.41) is 9.59. The van der Waals surface area contributed by atoms with Crippen LogP contribution in [-0.4, -0.2) is 53.8 Å². The highest BCUT2D eigenvalue weighted by molar-refractivity contribution is 8.00. The third-order valence-corrected chi connectivity index (χ3v) is 4.57. The lowest BCUT2D eigenvalue weighted by Gasteiger charge is -2.34. The van der Waals surface area contributed by atoms with Gasteiger partial charge in [0.25, 0.3) is 0 Å². The number of rotatable bonds is 4. The van der Waals surface area contributed by atoms with E-state index in [1.807, 2.05) is 31.1 Å². The van der Waals surface area contributed by atoms with E-state index in [2.05, 4.69) is 6.58 Å². The van der Waals surface area contributed by atoms with Gasteiger partial charge in [0.05, 0.1) is 0 Å². The molecule has 1 N–H and O–H groups in total. The number of hydrogen-bond acceptors (Lipinski definition) is 4. The summed E-state index contributed by atoms with van der Waals surface area (Å²) in [6.07, 6.45) is 0. The molecule has 1 saturated heterocycles. The van der Waals surface area contributed by atoms with Crippen LogP contribution in [0.3, 0.4) is 0 Å². The van der Waals surface area contributed by atoms with Crippen molar-refractivity contribution >= 4 is 17.7 Å². The van der Waals surface area contributed by atoms with Crippen molar-refractivity contribution in [2.45, 2.75) is 5.25 Å². The zero-order valence-corrected chi connectivity index (χ0v) is 12.7. The average Bonchev–Trinajstić information content (AvgIpc) is 2.40. The van der Waals surface area contributed by atoms with E-state index in [4.69, 9.17) is 0 Å². The first kappa shape index (κ1) is 14.9. The van der Waals surface area contributed by atoms with Crippen molar-refractivity contribution in [2.75, 3.05) is 32.9 Å². The number of likely N-dealkylation sites (N-methyl/N-ethyl adjacent to an activating group) is 1. The van der Waals surface area contributed by atoms with Crippen molar-refractivity contribution in [3.63, 3.8) is 0 Å². The number of benzene rings is 1. The van der Waals surface area contributed by atoms with E-state index in [9.17, 15) is 9.90 Å². The second kappa shape index (κ2) is 6.33. The molecule has 1 aliphatic rings. The van der Waals surface area contributed by atoms with Crippen molar-refractivity contribution in [3.8, 4) is 5.75 Å². The summed E-state index contributed by atoms with van der Waals surface area (Å²) < 4.78 is 0. The third-order valence-electron chi connectivity index (χ3n) is 3.28. The Kier molecular flexibility index (Phi) is 4.73. The number of carbonyl (C=O) groups is 1. The van der Waals surface area contributed by atoms with E-state index >= 15 is 0 Å². The number of phenols is 1. The van der Waals surface area contributed by atoms with E-state index in [-0.39, 0.29) is 16.9 Å². The lowest BCUT2D eigenvalue weighted by molar-refractivity contribution is -0.129. The molecule has 0 radical (unpaired) electrons. The molecule has 1 aromatic carbocycles. The molecule has 1 unspecified atom stereocenters. The van der Waals surface area contributed by atoms with Crippen molar-refractivity contribution in [3.05, 3.63) is 42.1 Å². The highest BCUT2D eigenvalue weighted by atomic mass is 32.2. The number of para-hydroxylation sites is 1. The first-order valence-electron chi connectivity index (χ1n) is 6.54. The standard InChI is InChI=1S/C15H20N2O2S/c1-11-10-20-14(12-6-4-5-7-13(12)18)15(19)17(11)9-8-16(2)3/h4-7,14,18H,1,8-10H2,2-3H3. The van der Waals surface area contributed by atoms with E-state index < -0.39 is 0 Å². The van der Waals surface area contributed by atoms with Gasteiger partial charge >= 0.3 is 0 Å². The lowest BCUT2D eigenvalue weighted by Crippen LogP contribution is -2.41. The number of aromatic hydroxyl groups is 1. The van der Waals surface area contributed by atoms with Gasteiger partial charge in [0.2, 0.25) is 5.91 Å². The molecule has 20 heavy (non-hydrogen) atoms. The fourth-order valence-electron chi connectivity index (χ4n) is 2.13. The Morgan fingerprint density at radius 3 is 2.80 bits per heavy atom. The first-order valence-corrected chi connectivity index (χ1v) is 7.59. The third kappa shape index (κ3) is 3.16. The molecule has 0 bridgehead atoms. The quantitative estimate of drug-likeness (QED) is 0.923. The van der Waals surface area contributed by atoms with Gasteiger partial charge in [-0.1, -0.05) is 24.8 Å². The number of carbonyl (C=O) groups excluding carboxylic acids is 1. The molecule has 0 saturated carbocycles. The fourth-order valence-corrected chi connectivity index (χ4v) is 3.29. The number of nitrogens with zero attached hydrogens (tertiary/aromatic N) is 2. The Balaban J connectivity index is 2.18. The van der Waals surface area contributed by atoms with Crippen LogP contribution in [0.25, 0.3) is 0 Å².